The molecule has 4 heteroatoms. The first-order valence-electron chi connectivity index (χ1n) is 6.21. The molecule has 0 aliphatic rings. The molecular formula is C16H15FN2S. The van der Waals surface area contributed by atoms with Gasteiger partial charge >= 0.3 is 0 Å². The van der Waals surface area contributed by atoms with E-state index in [9.17, 15) is 4.39 Å². The molecule has 1 N–H and O–H groups in total. The van der Waals surface area contributed by atoms with E-state index < -0.39 is 0 Å². The summed E-state index contributed by atoms with van der Waals surface area (Å²) >= 11 is 1.70. The number of rotatable bonds is 4. The molecule has 0 bridgehead atoms. The van der Waals surface area contributed by atoms with E-state index in [-0.39, 0.29) is 5.82 Å². The molecule has 0 amide bonds. The lowest BCUT2D eigenvalue weighted by Gasteiger charge is -2.11. The van der Waals surface area contributed by atoms with Crippen molar-refractivity contribution < 1.29 is 4.39 Å². The van der Waals surface area contributed by atoms with Gasteiger partial charge in [-0.3, -0.25) is 0 Å². The van der Waals surface area contributed by atoms with Gasteiger partial charge in [-0.05, 0) is 43.0 Å². The summed E-state index contributed by atoms with van der Waals surface area (Å²) in [5, 5.41) is 12.1. The molecule has 20 heavy (non-hydrogen) atoms. The van der Waals surface area contributed by atoms with Gasteiger partial charge in [0.15, 0.2) is 0 Å². The lowest BCUT2D eigenvalue weighted by atomic mass is 10.1. The maximum absolute atomic E-state index is 13.7. The second-order valence-electron chi connectivity index (χ2n) is 4.44. The molecule has 2 nitrogen and oxygen atoms in total. The van der Waals surface area contributed by atoms with Crippen LogP contribution in [0.15, 0.2) is 41.3 Å². The van der Waals surface area contributed by atoms with E-state index in [2.05, 4.69) is 17.4 Å². The first-order chi connectivity index (χ1) is 9.63. The third-order valence-electron chi connectivity index (χ3n) is 3.12. The van der Waals surface area contributed by atoms with Crippen LogP contribution in [0.4, 0.5) is 10.1 Å². The van der Waals surface area contributed by atoms with E-state index in [1.54, 1.807) is 24.8 Å². The minimum atomic E-state index is -0.357. The Morgan fingerprint density at radius 1 is 1.25 bits per heavy atom. The van der Waals surface area contributed by atoms with Gasteiger partial charge in [-0.1, -0.05) is 12.1 Å². The normalized spacial score (nSPS) is 10.1. The maximum Gasteiger partial charge on any atom is 0.129 e. The molecule has 0 fully saturated rings. The SMILES string of the molecule is CSc1ccc(CNc2cc(C#N)cc(F)c2C)cc1. The molecule has 0 saturated carbocycles. The number of nitrogens with one attached hydrogen (secondary N) is 1. The Bertz CT molecular complexity index is 645. The summed E-state index contributed by atoms with van der Waals surface area (Å²) in [7, 11) is 0. The third kappa shape index (κ3) is 3.31. The molecule has 0 unspecified atom stereocenters. The average Bonchev–Trinajstić information content (AvgIpc) is 2.49. The number of hydrogen-bond acceptors (Lipinski definition) is 3. The highest BCUT2D eigenvalue weighted by molar-refractivity contribution is 7.98. The van der Waals surface area contributed by atoms with Crippen molar-refractivity contribution in [3.05, 3.63) is 58.9 Å². The zero-order chi connectivity index (χ0) is 14.5. The Hall–Kier alpha value is -1.99. The van der Waals surface area contributed by atoms with E-state index in [4.69, 9.17) is 5.26 Å². The van der Waals surface area contributed by atoms with E-state index in [1.165, 1.54) is 11.0 Å². The molecule has 2 rings (SSSR count). The van der Waals surface area contributed by atoms with E-state index in [0.29, 0.717) is 23.4 Å². The zero-order valence-corrected chi connectivity index (χ0v) is 12.2. The molecule has 0 radical (unpaired) electrons. The summed E-state index contributed by atoms with van der Waals surface area (Å²) in [6, 6.07) is 13.1. The molecule has 0 aliphatic heterocycles. The van der Waals surface area contributed by atoms with Gasteiger partial charge in [0.2, 0.25) is 0 Å². The summed E-state index contributed by atoms with van der Waals surface area (Å²) in [6.45, 7) is 2.31. The van der Waals surface area contributed by atoms with Crippen LogP contribution < -0.4 is 5.32 Å². The highest BCUT2D eigenvalue weighted by Crippen LogP contribution is 2.21. The van der Waals surface area contributed by atoms with Gasteiger partial charge in [-0.25, -0.2) is 4.39 Å². The molecule has 0 aliphatic carbocycles. The molecule has 0 saturated heterocycles. The summed E-state index contributed by atoms with van der Waals surface area (Å²) in [6.07, 6.45) is 2.03. The number of thioether (sulfide) groups is 1. The summed E-state index contributed by atoms with van der Waals surface area (Å²) < 4.78 is 13.7. The molecule has 0 heterocycles. The first kappa shape index (κ1) is 14.4. The number of halogens is 1. The average molecular weight is 286 g/mol. The monoisotopic (exact) mass is 286 g/mol. The van der Waals surface area contributed by atoms with Gasteiger partial charge in [0.1, 0.15) is 5.82 Å². The Balaban J connectivity index is 2.14. The van der Waals surface area contributed by atoms with Crippen LogP contribution in [0.25, 0.3) is 0 Å². The van der Waals surface area contributed by atoms with Gasteiger partial charge < -0.3 is 5.32 Å². The third-order valence-corrected chi connectivity index (χ3v) is 3.86. The summed E-state index contributed by atoms with van der Waals surface area (Å²) in [5.74, 6) is -0.357. The molecule has 0 aromatic heterocycles. The molecule has 102 valence electrons. The van der Waals surface area contributed by atoms with Crippen molar-refractivity contribution in [3.8, 4) is 6.07 Å². The van der Waals surface area contributed by atoms with Gasteiger partial charge in [-0.2, -0.15) is 5.26 Å². The van der Waals surface area contributed by atoms with Crippen molar-refractivity contribution in [3.63, 3.8) is 0 Å². The van der Waals surface area contributed by atoms with Crippen molar-refractivity contribution in [2.75, 3.05) is 11.6 Å². The smallest absolute Gasteiger partial charge is 0.129 e. The fraction of sp³-hybridized carbons (Fsp3) is 0.188. The maximum atomic E-state index is 13.7. The lowest BCUT2D eigenvalue weighted by molar-refractivity contribution is 0.618. The van der Waals surface area contributed by atoms with Crippen LogP contribution in [0.3, 0.4) is 0 Å². The predicted molar refractivity (Wildman–Crippen MR) is 81.4 cm³/mol. The standard InChI is InChI=1S/C16H15FN2S/c1-11-15(17)7-13(9-18)8-16(11)19-10-12-3-5-14(20-2)6-4-12/h3-8,19H,10H2,1-2H3. The van der Waals surface area contributed by atoms with Crippen LogP contribution in [0, 0.1) is 24.1 Å². The number of hydrogen-bond donors (Lipinski definition) is 1. The quantitative estimate of drug-likeness (QED) is 0.849. The second-order valence-corrected chi connectivity index (χ2v) is 5.32. The van der Waals surface area contributed by atoms with Crippen molar-refractivity contribution in [2.24, 2.45) is 0 Å². The van der Waals surface area contributed by atoms with Crippen LogP contribution in [0.5, 0.6) is 0 Å². The molecular weight excluding hydrogens is 271 g/mol. The predicted octanol–water partition coefficient (Wildman–Crippen LogP) is 4.34. The van der Waals surface area contributed by atoms with Crippen LogP contribution in [-0.2, 0) is 6.54 Å². The van der Waals surface area contributed by atoms with Crippen LogP contribution in [0.1, 0.15) is 16.7 Å². The number of nitriles is 1. The minimum Gasteiger partial charge on any atom is -0.381 e. The fourth-order valence-corrected chi connectivity index (χ4v) is 2.28. The van der Waals surface area contributed by atoms with E-state index in [1.807, 2.05) is 24.5 Å². The number of anilines is 1. The number of benzene rings is 2. The van der Waals surface area contributed by atoms with Crippen molar-refractivity contribution in [2.45, 2.75) is 18.4 Å². The van der Waals surface area contributed by atoms with Gasteiger partial charge in [0.25, 0.3) is 0 Å². The highest BCUT2D eigenvalue weighted by atomic mass is 32.2. The second kappa shape index (κ2) is 6.44. The molecule has 2 aromatic carbocycles. The zero-order valence-electron chi connectivity index (χ0n) is 11.4. The topological polar surface area (TPSA) is 35.8 Å². The summed E-state index contributed by atoms with van der Waals surface area (Å²) in [4.78, 5) is 1.21. The van der Waals surface area contributed by atoms with Gasteiger partial charge in [-0.15, -0.1) is 11.8 Å². The van der Waals surface area contributed by atoms with Crippen LogP contribution in [0.2, 0.25) is 0 Å². The number of nitrogens with zero attached hydrogens (tertiary/aromatic N) is 1. The van der Waals surface area contributed by atoms with Crippen LogP contribution in [-0.4, -0.2) is 6.26 Å². The Labute approximate surface area is 122 Å². The minimum absolute atomic E-state index is 0.327. The Kier molecular flexibility index (Phi) is 4.65. The molecule has 2 aromatic rings. The van der Waals surface area contributed by atoms with Crippen molar-refractivity contribution in [1.82, 2.24) is 0 Å². The Morgan fingerprint density at radius 3 is 2.55 bits per heavy atom. The van der Waals surface area contributed by atoms with E-state index in [0.717, 1.165) is 5.56 Å². The van der Waals surface area contributed by atoms with Crippen LogP contribution >= 0.6 is 11.8 Å². The Morgan fingerprint density at radius 2 is 1.95 bits per heavy atom. The molecule has 0 spiro atoms. The van der Waals surface area contributed by atoms with Gasteiger partial charge in [0, 0.05) is 22.7 Å². The van der Waals surface area contributed by atoms with Gasteiger partial charge in [0.05, 0.1) is 11.6 Å². The summed E-state index contributed by atoms with van der Waals surface area (Å²) in [5.41, 5.74) is 2.64. The fourth-order valence-electron chi connectivity index (χ4n) is 1.87. The first-order valence-corrected chi connectivity index (χ1v) is 7.43. The largest absolute Gasteiger partial charge is 0.381 e. The highest BCUT2D eigenvalue weighted by Gasteiger charge is 2.06. The van der Waals surface area contributed by atoms with E-state index >= 15 is 0 Å². The molecule has 0 atom stereocenters. The lowest BCUT2D eigenvalue weighted by Crippen LogP contribution is -2.03. The van der Waals surface area contributed by atoms with Crippen molar-refractivity contribution in [1.29, 1.82) is 5.26 Å². The van der Waals surface area contributed by atoms with Crippen molar-refractivity contribution >= 4 is 17.4 Å².